The van der Waals surface area contributed by atoms with Crippen molar-refractivity contribution in [1.29, 1.82) is 0 Å². The molecule has 1 unspecified atom stereocenters. The molecule has 1 saturated heterocycles. The van der Waals surface area contributed by atoms with E-state index in [1.807, 2.05) is 30.9 Å². The molecule has 0 saturated carbocycles. The summed E-state index contributed by atoms with van der Waals surface area (Å²) in [5.74, 6) is 0.154. The summed E-state index contributed by atoms with van der Waals surface area (Å²) in [6.07, 6.45) is 0.373. The third kappa shape index (κ3) is 4.69. The number of hydrogen-bond donors (Lipinski definition) is 1. The fourth-order valence-electron chi connectivity index (χ4n) is 2.27. The standard InChI is InChI=1S/C14H21N3O2S.ClH/c1-10(15)9-13(18)16-5-7-17(8-6-16)14(19)12-4-3-11(2)20-12;/h3-4,10H,5-9,15H2,1-2H3;1H. The lowest BCUT2D eigenvalue weighted by atomic mass is 10.2. The van der Waals surface area contributed by atoms with Gasteiger partial charge in [0.05, 0.1) is 4.88 Å². The highest BCUT2D eigenvalue weighted by Gasteiger charge is 2.25. The van der Waals surface area contributed by atoms with Crippen molar-refractivity contribution in [2.24, 2.45) is 5.73 Å². The number of carbonyl (C=O) groups is 2. The number of hydrogen-bond acceptors (Lipinski definition) is 4. The van der Waals surface area contributed by atoms with Crippen LogP contribution in [0.4, 0.5) is 0 Å². The van der Waals surface area contributed by atoms with Gasteiger partial charge in [-0.05, 0) is 26.0 Å². The number of amides is 2. The van der Waals surface area contributed by atoms with Gasteiger partial charge in [-0.3, -0.25) is 9.59 Å². The first-order valence-electron chi connectivity index (χ1n) is 6.86. The number of piperazine rings is 1. The molecule has 0 aromatic carbocycles. The topological polar surface area (TPSA) is 66.6 Å². The second-order valence-electron chi connectivity index (χ2n) is 5.26. The van der Waals surface area contributed by atoms with Crippen LogP contribution >= 0.6 is 23.7 Å². The van der Waals surface area contributed by atoms with E-state index in [4.69, 9.17) is 5.73 Å². The van der Waals surface area contributed by atoms with Crippen LogP contribution in [0.5, 0.6) is 0 Å². The van der Waals surface area contributed by atoms with Crippen molar-refractivity contribution in [2.75, 3.05) is 26.2 Å². The number of thiophene rings is 1. The highest BCUT2D eigenvalue weighted by molar-refractivity contribution is 7.13. The second kappa shape index (κ2) is 7.77. The molecule has 1 aliphatic heterocycles. The summed E-state index contributed by atoms with van der Waals surface area (Å²) in [5, 5.41) is 0. The van der Waals surface area contributed by atoms with Crippen LogP contribution in [0, 0.1) is 6.92 Å². The summed E-state index contributed by atoms with van der Waals surface area (Å²) in [4.78, 5) is 29.7. The molecule has 0 radical (unpaired) electrons. The molecule has 2 heterocycles. The van der Waals surface area contributed by atoms with Crippen LogP contribution in [0.15, 0.2) is 12.1 Å². The van der Waals surface area contributed by atoms with Gasteiger partial charge in [0.2, 0.25) is 5.91 Å². The molecule has 2 N–H and O–H groups in total. The first-order chi connectivity index (χ1) is 9.47. The average Bonchev–Trinajstić information content (AvgIpc) is 2.84. The van der Waals surface area contributed by atoms with Gasteiger partial charge < -0.3 is 15.5 Å². The van der Waals surface area contributed by atoms with E-state index < -0.39 is 0 Å². The van der Waals surface area contributed by atoms with Gasteiger partial charge in [0.1, 0.15) is 0 Å². The second-order valence-corrected chi connectivity index (χ2v) is 6.55. The van der Waals surface area contributed by atoms with Crippen LogP contribution in [0.25, 0.3) is 0 Å². The van der Waals surface area contributed by atoms with Gasteiger partial charge in [0.25, 0.3) is 5.91 Å². The van der Waals surface area contributed by atoms with Crippen molar-refractivity contribution in [3.63, 3.8) is 0 Å². The van der Waals surface area contributed by atoms with Gasteiger partial charge in [0, 0.05) is 43.5 Å². The van der Waals surface area contributed by atoms with Crippen molar-refractivity contribution in [2.45, 2.75) is 26.3 Å². The molecule has 1 fully saturated rings. The maximum Gasteiger partial charge on any atom is 0.264 e. The summed E-state index contributed by atoms with van der Waals surface area (Å²) >= 11 is 1.52. The molecule has 21 heavy (non-hydrogen) atoms. The summed E-state index contributed by atoms with van der Waals surface area (Å²) in [7, 11) is 0. The maximum absolute atomic E-state index is 12.3. The van der Waals surface area contributed by atoms with Crippen molar-refractivity contribution in [3.05, 3.63) is 21.9 Å². The molecule has 2 rings (SSSR count). The Labute approximate surface area is 135 Å². The number of halogens is 1. The Morgan fingerprint density at radius 3 is 2.29 bits per heavy atom. The number of nitrogens with two attached hydrogens (primary N) is 1. The molecular weight excluding hydrogens is 310 g/mol. The van der Waals surface area contributed by atoms with Crippen LogP contribution in [0.1, 0.15) is 27.9 Å². The smallest absolute Gasteiger partial charge is 0.264 e. The quantitative estimate of drug-likeness (QED) is 0.912. The Bertz CT molecular complexity index is 496. The maximum atomic E-state index is 12.3. The lowest BCUT2D eigenvalue weighted by molar-refractivity contribution is -0.132. The van der Waals surface area contributed by atoms with E-state index in [2.05, 4.69) is 0 Å². The lowest BCUT2D eigenvalue weighted by Crippen LogP contribution is -2.51. The largest absolute Gasteiger partial charge is 0.339 e. The van der Waals surface area contributed by atoms with E-state index in [1.54, 1.807) is 4.90 Å². The van der Waals surface area contributed by atoms with E-state index in [0.29, 0.717) is 32.6 Å². The van der Waals surface area contributed by atoms with Crippen LogP contribution < -0.4 is 5.73 Å². The van der Waals surface area contributed by atoms with E-state index >= 15 is 0 Å². The van der Waals surface area contributed by atoms with Gasteiger partial charge in [-0.25, -0.2) is 0 Å². The molecule has 1 aliphatic rings. The van der Waals surface area contributed by atoms with Crippen LogP contribution in [-0.4, -0.2) is 53.8 Å². The van der Waals surface area contributed by atoms with E-state index in [1.165, 1.54) is 11.3 Å². The lowest BCUT2D eigenvalue weighted by Gasteiger charge is -2.34. The van der Waals surface area contributed by atoms with E-state index in [0.717, 1.165) is 9.75 Å². The van der Waals surface area contributed by atoms with Crippen molar-refractivity contribution in [3.8, 4) is 0 Å². The Balaban J connectivity index is 0.00000220. The van der Waals surface area contributed by atoms with Crippen LogP contribution in [0.3, 0.4) is 0 Å². The molecule has 0 aliphatic carbocycles. The fourth-order valence-corrected chi connectivity index (χ4v) is 3.10. The van der Waals surface area contributed by atoms with Gasteiger partial charge >= 0.3 is 0 Å². The molecule has 0 bridgehead atoms. The molecule has 118 valence electrons. The first kappa shape index (κ1) is 17.9. The Hall–Kier alpha value is -1.11. The third-order valence-corrected chi connectivity index (χ3v) is 4.36. The number of nitrogens with zero attached hydrogens (tertiary/aromatic N) is 2. The van der Waals surface area contributed by atoms with Gasteiger partial charge in [-0.1, -0.05) is 0 Å². The molecular formula is C14H22ClN3O2S. The van der Waals surface area contributed by atoms with Gasteiger partial charge in [-0.2, -0.15) is 0 Å². The minimum absolute atomic E-state index is 0. The zero-order valence-corrected chi connectivity index (χ0v) is 14.0. The summed E-state index contributed by atoms with van der Waals surface area (Å²) in [6, 6.07) is 3.72. The van der Waals surface area contributed by atoms with Crippen molar-refractivity contribution < 1.29 is 9.59 Å². The SMILES string of the molecule is Cc1ccc(C(=O)N2CCN(C(=O)CC(C)N)CC2)s1.Cl. The third-order valence-electron chi connectivity index (χ3n) is 3.37. The van der Waals surface area contributed by atoms with E-state index in [-0.39, 0.29) is 30.3 Å². The average molecular weight is 332 g/mol. The highest BCUT2D eigenvalue weighted by atomic mass is 35.5. The number of carbonyl (C=O) groups excluding carboxylic acids is 2. The monoisotopic (exact) mass is 331 g/mol. The predicted octanol–water partition coefficient (Wildman–Crippen LogP) is 1.50. The molecule has 1 aromatic rings. The van der Waals surface area contributed by atoms with Crippen LogP contribution in [0.2, 0.25) is 0 Å². The number of rotatable bonds is 3. The normalized spacial score (nSPS) is 16.3. The number of aryl methyl sites for hydroxylation is 1. The van der Waals surface area contributed by atoms with Crippen LogP contribution in [-0.2, 0) is 4.79 Å². The van der Waals surface area contributed by atoms with Crippen molar-refractivity contribution in [1.82, 2.24) is 9.80 Å². The predicted molar refractivity (Wildman–Crippen MR) is 87.1 cm³/mol. The van der Waals surface area contributed by atoms with Crippen molar-refractivity contribution >= 4 is 35.6 Å². The Morgan fingerprint density at radius 2 is 1.81 bits per heavy atom. The molecule has 2 amide bonds. The minimum Gasteiger partial charge on any atom is -0.339 e. The summed E-state index contributed by atoms with van der Waals surface area (Å²) < 4.78 is 0. The minimum atomic E-state index is -0.115. The zero-order valence-electron chi connectivity index (χ0n) is 12.4. The molecule has 1 aromatic heterocycles. The van der Waals surface area contributed by atoms with Gasteiger partial charge in [-0.15, -0.1) is 23.7 Å². The summed E-state index contributed by atoms with van der Waals surface area (Å²) in [6.45, 7) is 6.22. The van der Waals surface area contributed by atoms with E-state index in [9.17, 15) is 9.59 Å². The highest BCUT2D eigenvalue weighted by Crippen LogP contribution is 2.18. The fraction of sp³-hybridized carbons (Fsp3) is 0.571. The molecule has 5 nitrogen and oxygen atoms in total. The first-order valence-corrected chi connectivity index (χ1v) is 7.68. The summed E-state index contributed by atoms with van der Waals surface area (Å²) in [5.41, 5.74) is 5.64. The molecule has 1 atom stereocenters. The molecule has 7 heteroatoms. The van der Waals surface area contributed by atoms with Gasteiger partial charge in [0.15, 0.2) is 0 Å². The Kier molecular flexibility index (Phi) is 6.64. The molecule has 0 spiro atoms. The zero-order chi connectivity index (χ0) is 14.7. The Morgan fingerprint density at radius 1 is 1.24 bits per heavy atom.